The summed E-state index contributed by atoms with van der Waals surface area (Å²) in [7, 11) is 0. The first-order valence-electron chi connectivity index (χ1n) is 10.5. The lowest BCUT2D eigenvalue weighted by Crippen LogP contribution is -2.52. The number of hydrogen-bond acceptors (Lipinski definition) is 4. The number of carbonyl (C=O) groups excluding carboxylic acids is 2. The van der Waals surface area contributed by atoms with E-state index in [2.05, 4.69) is 9.97 Å². The average molecular weight is 393 g/mol. The molecular formula is C23H28N4O2. The van der Waals surface area contributed by atoms with E-state index in [0.29, 0.717) is 25.8 Å². The molecule has 2 saturated heterocycles. The lowest BCUT2D eigenvalue weighted by Gasteiger charge is -2.47. The molecule has 2 aromatic rings. The molecule has 152 valence electrons. The molecule has 0 atom stereocenters. The topological polar surface area (TPSA) is 66.4 Å². The molecule has 2 amide bonds. The number of aromatic nitrogens is 2. The van der Waals surface area contributed by atoms with Gasteiger partial charge in [-0.25, -0.2) is 0 Å². The van der Waals surface area contributed by atoms with Crippen molar-refractivity contribution in [2.24, 2.45) is 5.41 Å². The second-order valence-corrected chi connectivity index (χ2v) is 8.27. The Labute approximate surface area is 172 Å². The molecule has 6 nitrogen and oxygen atoms in total. The minimum Gasteiger partial charge on any atom is -0.343 e. The molecule has 4 heterocycles. The van der Waals surface area contributed by atoms with Gasteiger partial charge in [-0.3, -0.25) is 19.6 Å². The number of amides is 2. The molecule has 2 aliphatic rings. The quantitative estimate of drug-likeness (QED) is 0.785. The third-order valence-electron chi connectivity index (χ3n) is 6.33. The molecule has 0 bridgehead atoms. The minimum absolute atomic E-state index is 0.139. The second kappa shape index (κ2) is 8.72. The van der Waals surface area contributed by atoms with Crippen molar-refractivity contribution in [3.8, 4) is 0 Å². The number of rotatable bonds is 5. The van der Waals surface area contributed by atoms with Gasteiger partial charge in [0.25, 0.3) is 0 Å². The van der Waals surface area contributed by atoms with E-state index in [1.54, 1.807) is 12.4 Å². The summed E-state index contributed by atoms with van der Waals surface area (Å²) in [6, 6.07) is 11.6. The summed E-state index contributed by atoms with van der Waals surface area (Å²) in [5.41, 5.74) is 2.03. The second-order valence-electron chi connectivity index (χ2n) is 8.27. The minimum atomic E-state index is 0.139. The lowest BCUT2D eigenvalue weighted by molar-refractivity contribution is -0.143. The Bertz CT molecular complexity index is 832. The van der Waals surface area contributed by atoms with Crippen LogP contribution in [0.4, 0.5) is 0 Å². The predicted octanol–water partition coefficient (Wildman–Crippen LogP) is 2.84. The molecule has 0 aromatic carbocycles. The Kier molecular flexibility index (Phi) is 5.88. The standard InChI is InChI=1S/C23H28N4O2/c28-21(8-7-19-5-1-3-13-24-19)26-15-11-23(12-16-26)10-9-22(29)27(18-23)17-20-6-2-4-14-25-20/h1-6,13-14H,7-12,15-18H2. The number of carbonyl (C=O) groups is 2. The van der Waals surface area contributed by atoms with Gasteiger partial charge in [0, 0.05) is 50.6 Å². The molecule has 0 aliphatic carbocycles. The first-order chi connectivity index (χ1) is 14.1. The van der Waals surface area contributed by atoms with Crippen LogP contribution in [0.2, 0.25) is 0 Å². The molecule has 0 saturated carbocycles. The van der Waals surface area contributed by atoms with Crippen LogP contribution in [-0.4, -0.2) is 51.2 Å². The lowest BCUT2D eigenvalue weighted by atomic mass is 9.72. The highest BCUT2D eigenvalue weighted by molar-refractivity contribution is 5.77. The fraction of sp³-hybridized carbons (Fsp3) is 0.478. The van der Waals surface area contributed by atoms with Crippen molar-refractivity contribution >= 4 is 11.8 Å². The van der Waals surface area contributed by atoms with Crippen LogP contribution in [0.5, 0.6) is 0 Å². The molecule has 0 radical (unpaired) electrons. The van der Waals surface area contributed by atoms with E-state index in [0.717, 1.165) is 50.3 Å². The molecule has 0 unspecified atom stereocenters. The molecule has 4 rings (SSSR count). The van der Waals surface area contributed by atoms with Crippen molar-refractivity contribution in [1.82, 2.24) is 19.8 Å². The number of aryl methyl sites for hydroxylation is 1. The average Bonchev–Trinajstić information content (AvgIpc) is 2.77. The van der Waals surface area contributed by atoms with E-state index in [4.69, 9.17) is 0 Å². The molecule has 2 aromatic heterocycles. The van der Waals surface area contributed by atoms with Gasteiger partial charge < -0.3 is 9.80 Å². The van der Waals surface area contributed by atoms with E-state index in [-0.39, 0.29) is 17.2 Å². The molecule has 2 aliphatic heterocycles. The van der Waals surface area contributed by atoms with Gasteiger partial charge in [0.2, 0.25) is 11.8 Å². The van der Waals surface area contributed by atoms with Crippen LogP contribution < -0.4 is 0 Å². The first-order valence-corrected chi connectivity index (χ1v) is 10.5. The Balaban J connectivity index is 1.30. The summed E-state index contributed by atoms with van der Waals surface area (Å²) in [6.07, 6.45) is 8.20. The maximum Gasteiger partial charge on any atom is 0.222 e. The van der Waals surface area contributed by atoms with Gasteiger partial charge in [-0.1, -0.05) is 12.1 Å². The number of pyridine rings is 2. The summed E-state index contributed by atoms with van der Waals surface area (Å²) >= 11 is 0. The zero-order chi connectivity index (χ0) is 20.1. The number of nitrogens with zero attached hydrogens (tertiary/aromatic N) is 4. The van der Waals surface area contributed by atoms with E-state index in [1.807, 2.05) is 46.2 Å². The molecule has 1 spiro atoms. The monoisotopic (exact) mass is 392 g/mol. The summed E-state index contributed by atoms with van der Waals surface area (Å²) in [5, 5.41) is 0. The highest BCUT2D eigenvalue weighted by atomic mass is 16.2. The van der Waals surface area contributed by atoms with Crippen LogP contribution in [0.1, 0.15) is 43.5 Å². The fourth-order valence-corrected chi connectivity index (χ4v) is 4.51. The van der Waals surface area contributed by atoms with Crippen molar-refractivity contribution < 1.29 is 9.59 Å². The normalized spacial score (nSPS) is 18.8. The third kappa shape index (κ3) is 4.81. The van der Waals surface area contributed by atoms with Crippen LogP contribution in [0.3, 0.4) is 0 Å². The molecule has 29 heavy (non-hydrogen) atoms. The Morgan fingerprint density at radius 2 is 1.66 bits per heavy atom. The van der Waals surface area contributed by atoms with Gasteiger partial charge in [-0.2, -0.15) is 0 Å². The zero-order valence-corrected chi connectivity index (χ0v) is 16.8. The predicted molar refractivity (Wildman–Crippen MR) is 110 cm³/mol. The molecule has 2 fully saturated rings. The Morgan fingerprint density at radius 3 is 2.31 bits per heavy atom. The summed E-state index contributed by atoms with van der Waals surface area (Å²) in [4.78, 5) is 37.7. The van der Waals surface area contributed by atoms with Crippen molar-refractivity contribution in [3.05, 3.63) is 60.2 Å². The van der Waals surface area contributed by atoms with Gasteiger partial charge in [-0.15, -0.1) is 0 Å². The Hall–Kier alpha value is -2.76. The van der Waals surface area contributed by atoms with Gasteiger partial charge in [0.15, 0.2) is 0 Å². The van der Waals surface area contributed by atoms with Crippen LogP contribution in [-0.2, 0) is 22.6 Å². The van der Waals surface area contributed by atoms with Crippen LogP contribution in [0, 0.1) is 5.41 Å². The summed E-state index contributed by atoms with van der Waals surface area (Å²) in [6.45, 7) is 2.92. The van der Waals surface area contributed by atoms with Gasteiger partial charge >= 0.3 is 0 Å². The van der Waals surface area contributed by atoms with Crippen LogP contribution in [0.25, 0.3) is 0 Å². The smallest absolute Gasteiger partial charge is 0.222 e. The molecule has 0 N–H and O–H groups in total. The van der Waals surface area contributed by atoms with Crippen LogP contribution >= 0.6 is 0 Å². The number of hydrogen-bond donors (Lipinski definition) is 0. The zero-order valence-electron chi connectivity index (χ0n) is 16.8. The molecular weight excluding hydrogens is 364 g/mol. The SMILES string of the molecule is O=C(CCc1ccccn1)N1CCC2(CCC(=O)N(Cc3ccccn3)C2)CC1. The van der Waals surface area contributed by atoms with E-state index < -0.39 is 0 Å². The van der Waals surface area contributed by atoms with Gasteiger partial charge in [-0.05, 0) is 55.4 Å². The highest BCUT2D eigenvalue weighted by Gasteiger charge is 2.41. The van der Waals surface area contributed by atoms with E-state index >= 15 is 0 Å². The summed E-state index contributed by atoms with van der Waals surface area (Å²) < 4.78 is 0. The summed E-state index contributed by atoms with van der Waals surface area (Å²) in [5.74, 6) is 0.429. The van der Waals surface area contributed by atoms with Crippen molar-refractivity contribution in [2.45, 2.75) is 45.1 Å². The van der Waals surface area contributed by atoms with Crippen molar-refractivity contribution in [3.63, 3.8) is 0 Å². The number of likely N-dealkylation sites (tertiary alicyclic amines) is 2. The van der Waals surface area contributed by atoms with E-state index in [1.165, 1.54) is 0 Å². The Morgan fingerprint density at radius 1 is 0.966 bits per heavy atom. The van der Waals surface area contributed by atoms with Gasteiger partial charge in [0.05, 0.1) is 12.2 Å². The van der Waals surface area contributed by atoms with E-state index in [9.17, 15) is 9.59 Å². The molecule has 6 heteroatoms. The van der Waals surface area contributed by atoms with Crippen LogP contribution in [0.15, 0.2) is 48.8 Å². The number of piperidine rings is 2. The van der Waals surface area contributed by atoms with Crippen molar-refractivity contribution in [1.29, 1.82) is 0 Å². The maximum atomic E-state index is 12.6. The fourth-order valence-electron chi connectivity index (χ4n) is 4.51. The largest absolute Gasteiger partial charge is 0.343 e. The maximum absolute atomic E-state index is 12.6. The van der Waals surface area contributed by atoms with Crippen molar-refractivity contribution in [2.75, 3.05) is 19.6 Å². The van der Waals surface area contributed by atoms with Gasteiger partial charge in [0.1, 0.15) is 0 Å². The third-order valence-corrected chi connectivity index (χ3v) is 6.33. The highest BCUT2D eigenvalue weighted by Crippen LogP contribution is 2.40. The first kappa shape index (κ1) is 19.6.